The fraction of sp³-hybridized carbons (Fsp3) is 0.611. The number of piperidine rings is 1. The minimum atomic E-state index is -0.132. The molecule has 1 aromatic carbocycles. The number of aliphatic hydroxyl groups is 1. The zero-order valence-electron chi connectivity index (χ0n) is 14.4. The number of rotatable bonds is 6. The largest absolute Gasteiger partial charge is 0.395 e. The molecule has 1 saturated heterocycles. The summed E-state index contributed by atoms with van der Waals surface area (Å²) < 4.78 is 0. The summed E-state index contributed by atoms with van der Waals surface area (Å²) in [6.45, 7) is 6.74. The van der Waals surface area contributed by atoms with Crippen LogP contribution in [0.1, 0.15) is 35.7 Å². The highest BCUT2D eigenvalue weighted by atomic mass is 16.3. The van der Waals surface area contributed by atoms with Gasteiger partial charge in [0.05, 0.1) is 6.61 Å². The maximum absolute atomic E-state index is 12.1. The standard InChI is InChI=1S/C18H29N3O2/c1-13-16(18(23)19-9-12-22)5-4-6-17(13)20-14(2)15-7-10-21(3)11-8-15/h4-6,14-15,20,22H,7-12H2,1-3H3,(H,19,23). The van der Waals surface area contributed by atoms with Gasteiger partial charge < -0.3 is 20.6 Å². The quantitative estimate of drug-likeness (QED) is 0.749. The average molecular weight is 319 g/mol. The topological polar surface area (TPSA) is 64.6 Å². The highest BCUT2D eigenvalue weighted by molar-refractivity contribution is 5.97. The minimum absolute atomic E-state index is 0.0457. The third-order valence-corrected chi connectivity index (χ3v) is 4.83. The van der Waals surface area contributed by atoms with Gasteiger partial charge in [-0.3, -0.25) is 4.79 Å². The third kappa shape index (κ3) is 4.69. The lowest BCUT2D eigenvalue weighted by Crippen LogP contribution is -2.37. The zero-order valence-corrected chi connectivity index (χ0v) is 14.4. The van der Waals surface area contributed by atoms with E-state index >= 15 is 0 Å². The van der Waals surface area contributed by atoms with Crippen molar-refractivity contribution in [3.63, 3.8) is 0 Å². The van der Waals surface area contributed by atoms with Crippen LogP contribution < -0.4 is 10.6 Å². The second kappa shape index (κ2) is 8.31. The molecule has 3 N–H and O–H groups in total. The maximum Gasteiger partial charge on any atom is 0.251 e. The third-order valence-electron chi connectivity index (χ3n) is 4.83. The molecule has 1 unspecified atom stereocenters. The zero-order chi connectivity index (χ0) is 16.8. The van der Waals surface area contributed by atoms with Gasteiger partial charge in [-0.05, 0) is 70.4 Å². The molecule has 0 aromatic heterocycles. The Morgan fingerprint density at radius 2 is 2.09 bits per heavy atom. The summed E-state index contributed by atoms with van der Waals surface area (Å²) in [6, 6.07) is 6.15. The van der Waals surface area contributed by atoms with Crippen molar-refractivity contribution in [1.82, 2.24) is 10.2 Å². The van der Waals surface area contributed by atoms with Crippen molar-refractivity contribution in [3.8, 4) is 0 Å². The Morgan fingerprint density at radius 1 is 1.39 bits per heavy atom. The SMILES string of the molecule is Cc1c(NC(C)C2CCN(C)CC2)cccc1C(=O)NCCO. The molecule has 2 rings (SSSR count). The van der Waals surface area contributed by atoms with E-state index in [4.69, 9.17) is 5.11 Å². The first-order valence-corrected chi connectivity index (χ1v) is 8.46. The number of amides is 1. The Labute approximate surface area is 139 Å². The van der Waals surface area contributed by atoms with Crippen molar-refractivity contribution < 1.29 is 9.90 Å². The van der Waals surface area contributed by atoms with Crippen molar-refractivity contribution in [2.75, 3.05) is 38.6 Å². The molecule has 128 valence electrons. The summed E-state index contributed by atoms with van der Waals surface area (Å²) in [4.78, 5) is 14.5. The number of likely N-dealkylation sites (tertiary alicyclic amines) is 1. The van der Waals surface area contributed by atoms with Gasteiger partial charge in [0, 0.05) is 23.8 Å². The van der Waals surface area contributed by atoms with E-state index < -0.39 is 0 Å². The fourth-order valence-electron chi connectivity index (χ4n) is 3.19. The van der Waals surface area contributed by atoms with Gasteiger partial charge in [0.2, 0.25) is 0 Å². The van der Waals surface area contributed by atoms with Crippen LogP contribution in [0.25, 0.3) is 0 Å². The molecule has 23 heavy (non-hydrogen) atoms. The molecule has 1 amide bonds. The smallest absolute Gasteiger partial charge is 0.251 e. The molecule has 1 atom stereocenters. The van der Waals surface area contributed by atoms with E-state index in [0.717, 1.165) is 24.3 Å². The van der Waals surface area contributed by atoms with E-state index in [1.54, 1.807) is 0 Å². The van der Waals surface area contributed by atoms with E-state index in [9.17, 15) is 4.79 Å². The number of anilines is 1. The van der Waals surface area contributed by atoms with Gasteiger partial charge in [0.25, 0.3) is 5.91 Å². The van der Waals surface area contributed by atoms with Crippen molar-refractivity contribution in [2.45, 2.75) is 32.7 Å². The van der Waals surface area contributed by atoms with Crippen LogP contribution in [0, 0.1) is 12.8 Å². The second-order valence-electron chi connectivity index (χ2n) is 6.53. The van der Waals surface area contributed by atoms with Gasteiger partial charge in [0.15, 0.2) is 0 Å². The first-order valence-electron chi connectivity index (χ1n) is 8.46. The molecular formula is C18H29N3O2. The van der Waals surface area contributed by atoms with Gasteiger partial charge in [0.1, 0.15) is 0 Å². The average Bonchev–Trinajstić information content (AvgIpc) is 2.55. The van der Waals surface area contributed by atoms with Gasteiger partial charge in [-0.1, -0.05) is 6.07 Å². The molecule has 0 spiro atoms. The number of nitrogens with one attached hydrogen (secondary N) is 2. The molecule has 0 aliphatic carbocycles. The van der Waals surface area contributed by atoms with Crippen molar-refractivity contribution in [1.29, 1.82) is 0 Å². The number of aliphatic hydroxyl groups excluding tert-OH is 1. The van der Waals surface area contributed by atoms with Crippen molar-refractivity contribution in [3.05, 3.63) is 29.3 Å². The molecule has 5 heteroatoms. The van der Waals surface area contributed by atoms with Crippen LogP contribution in [-0.4, -0.2) is 55.2 Å². The van der Waals surface area contributed by atoms with Crippen molar-refractivity contribution in [2.24, 2.45) is 5.92 Å². The summed E-state index contributed by atoms with van der Waals surface area (Å²) in [6.07, 6.45) is 2.42. The molecule has 0 radical (unpaired) electrons. The highest BCUT2D eigenvalue weighted by Gasteiger charge is 2.23. The summed E-state index contributed by atoms with van der Waals surface area (Å²) in [5.74, 6) is 0.532. The summed E-state index contributed by atoms with van der Waals surface area (Å²) in [5, 5.41) is 15.2. The van der Waals surface area contributed by atoms with Crippen LogP contribution in [0.2, 0.25) is 0 Å². The van der Waals surface area contributed by atoms with E-state index in [1.165, 1.54) is 12.8 Å². The Bertz CT molecular complexity index is 525. The summed E-state index contributed by atoms with van der Waals surface area (Å²) in [5.41, 5.74) is 2.65. The predicted molar refractivity (Wildman–Crippen MR) is 93.9 cm³/mol. The van der Waals surface area contributed by atoms with Crippen LogP contribution in [0.15, 0.2) is 18.2 Å². The van der Waals surface area contributed by atoms with Gasteiger partial charge in [-0.25, -0.2) is 0 Å². The molecule has 1 aliphatic rings. The fourth-order valence-corrected chi connectivity index (χ4v) is 3.19. The van der Waals surface area contributed by atoms with Gasteiger partial charge >= 0.3 is 0 Å². The molecule has 1 aliphatic heterocycles. The molecule has 5 nitrogen and oxygen atoms in total. The molecule has 1 heterocycles. The lowest BCUT2D eigenvalue weighted by Gasteiger charge is -2.33. The van der Waals surface area contributed by atoms with Gasteiger partial charge in [-0.15, -0.1) is 0 Å². The number of carbonyl (C=O) groups is 1. The van der Waals surface area contributed by atoms with Crippen LogP contribution in [0.5, 0.6) is 0 Å². The lowest BCUT2D eigenvalue weighted by molar-refractivity contribution is 0.0944. The Kier molecular flexibility index (Phi) is 6.42. The van der Waals surface area contributed by atoms with Crippen LogP contribution >= 0.6 is 0 Å². The van der Waals surface area contributed by atoms with E-state index in [1.807, 2.05) is 25.1 Å². The number of hydrogen-bond acceptors (Lipinski definition) is 4. The molecule has 0 saturated carbocycles. The summed E-state index contributed by atoms with van der Waals surface area (Å²) in [7, 11) is 2.17. The van der Waals surface area contributed by atoms with Crippen LogP contribution in [0.3, 0.4) is 0 Å². The first-order chi connectivity index (χ1) is 11.0. The Balaban J connectivity index is 2.03. The monoisotopic (exact) mass is 319 g/mol. The number of hydrogen-bond donors (Lipinski definition) is 3. The van der Waals surface area contributed by atoms with Crippen LogP contribution in [-0.2, 0) is 0 Å². The summed E-state index contributed by atoms with van der Waals surface area (Å²) >= 11 is 0. The van der Waals surface area contributed by atoms with Crippen molar-refractivity contribution >= 4 is 11.6 Å². The first kappa shape index (κ1) is 17.8. The van der Waals surface area contributed by atoms with E-state index in [-0.39, 0.29) is 19.1 Å². The number of benzene rings is 1. The lowest BCUT2D eigenvalue weighted by atomic mass is 9.90. The Morgan fingerprint density at radius 3 is 2.74 bits per heavy atom. The number of carbonyl (C=O) groups excluding carboxylic acids is 1. The van der Waals surface area contributed by atoms with Gasteiger partial charge in [-0.2, -0.15) is 0 Å². The normalized spacial score (nSPS) is 17.7. The highest BCUT2D eigenvalue weighted by Crippen LogP contribution is 2.25. The minimum Gasteiger partial charge on any atom is -0.395 e. The number of nitrogens with zero attached hydrogens (tertiary/aromatic N) is 1. The second-order valence-corrected chi connectivity index (χ2v) is 6.53. The Hall–Kier alpha value is -1.59. The van der Waals surface area contributed by atoms with Crippen LogP contribution in [0.4, 0.5) is 5.69 Å². The molecule has 1 aromatic rings. The molecule has 0 bridgehead atoms. The maximum atomic E-state index is 12.1. The predicted octanol–water partition coefficient (Wildman–Crippen LogP) is 1.86. The molecule has 1 fully saturated rings. The van der Waals surface area contributed by atoms with E-state index in [2.05, 4.69) is 29.5 Å². The molecular weight excluding hydrogens is 290 g/mol. The van der Waals surface area contributed by atoms with E-state index in [0.29, 0.717) is 17.5 Å².